The molecule has 1 aromatic rings. The van der Waals surface area contributed by atoms with E-state index in [9.17, 15) is 8.42 Å². The molecule has 2 unspecified atom stereocenters. The highest BCUT2D eigenvalue weighted by molar-refractivity contribution is 7.89. The van der Waals surface area contributed by atoms with Crippen molar-refractivity contribution in [2.75, 3.05) is 20.1 Å². The number of hydrogen-bond acceptors (Lipinski definition) is 3. The minimum atomic E-state index is -3.48. The Kier molecular flexibility index (Phi) is 7.19. The summed E-state index contributed by atoms with van der Waals surface area (Å²) in [4.78, 5) is 2.85. The van der Waals surface area contributed by atoms with Crippen LogP contribution in [-0.4, -0.2) is 49.8 Å². The van der Waals surface area contributed by atoms with Crippen LogP contribution in [0.3, 0.4) is 0 Å². The Labute approximate surface area is 163 Å². The molecule has 4 nitrogen and oxygen atoms in total. The maximum atomic E-state index is 12.9. The van der Waals surface area contributed by atoms with Gasteiger partial charge >= 0.3 is 0 Å². The van der Waals surface area contributed by atoms with E-state index in [0.717, 1.165) is 38.3 Å². The van der Waals surface area contributed by atoms with Gasteiger partial charge in [0.1, 0.15) is 0 Å². The maximum absolute atomic E-state index is 12.9. The number of rotatable bonds is 4. The fourth-order valence-corrected chi connectivity index (χ4v) is 5.68. The topological polar surface area (TPSA) is 40.6 Å². The summed E-state index contributed by atoms with van der Waals surface area (Å²) in [6.45, 7) is 4.63. The highest BCUT2D eigenvalue weighted by Gasteiger charge is 2.37. The van der Waals surface area contributed by atoms with Gasteiger partial charge in [-0.2, -0.15) is 4.31 Å². The lowest BCUT2D eigenvalue weighted by atomic mass is 9.97. The fourth-order valence-electron chi connectivity index (χ4n) is 3.98. The van der Waals surface area contributed by atoms with E-state index < -0.39 is 10.0 Å². The van der Waals surface area contributed by atoms with E-state index in [1.54, 1.807) is 29.6 Å². The number of halogens is 2. The molecule has 1 aliphatic heterocycles. The summed E-state index contributed by atoms with van der Waals surface area (Å²) >= 11 is 5.96. The van der Waals surface area contributed by atoms with Crippen molar-refractivity contribution in [1.29, 1.82) is 0 Å². The largest absolute Gasteiger partial charge is 0.300 e. The van der Waals surface area contributed by atoms with Crippen LogP contribution in [0.15, 0.2) is 29.2 Å². The SMILES string of the molecule is CC1CCN(C2CCC(N(C)S(=O)(=O)c3cccc(Cl)c3)C2)CC1.Cl. The normalized spacial score (nSPS) is 25.9. The predicted molar refractivity (Wildman–Crippen MR) is 105 cm³/mol. The second-order valence-corrected chi connectivity index (χ2v) is 9.75. The average molecular weight is 407 g/mol. The Bertz CT molecular complexity index is 675. The molecule has 0 N–H and O–H groups in total. The molecule has 0 amide bonds. The van der Waals surface area contributed by atoms with Gasteiger partial charge < -0.3 is 4.90 Å². The fraction of sp³-hybridized carbons (Fsp3) is 0.667. The lowest BCUT2D eigenvalue weighted by Crippen LogP contribution is -2.41. The van der Waals surface area contributed by atoms with Gasteiger partial charge in [-0.3, -0.25) is 0 Å². The summed E-state index contributed by atoms with van der Waals surface area (Å²) < 4.78 is 27.3. The number of nitrogens with zero attached hydrogens (tertiary/aromatic N) is 2. The second kappa shape index (κ2) is 8.57. The van der Waals surface area contributed by atoms with Crippen molar-refractivity contribution in [3.8, 4) is 0 Å². The molecule has 0 bridgehead atoms. The van der Waals surface area contributed by atoms with Crippen molar-refractivity contribution in [3.05, 3.63) is 29.3 Å². The lowest BCUT2D eigenvalue weighted by molar-refractivity contribution is 0.136. The van der Waals surface area contributed by atoms with Gasteiger partial charge in [0.25, 0.3) is 0 Å². The smallest absolute Gasteiger partial charge is 0.243 e. The zero-order valence-corrected chi connectivity index (χ0v) is 17.3. The van der Waals surface area contributed by atoms with E-state index >= 15 is 0 Å². The van der Waals surface area contributed by atoms with Gasteiger partial charge in [-0.15, -0.1) is 12.4 Å². The molecule has 2 atom stereocenters. The molecule has 0 aromatic heterocycles. The lowest BCUT2D eigenvalue weighted by Gasteiger charge is -2.35. The Balaban J connectivity index is 0.00000225. The molecule has 1 saturated heterocycles. The molecule has 25 heavy (non-hydrogen) atoms. The van der Waals surface area contributed by atoms with Crippen molar-refractivity contribution >= 4 is 34.0 Å². The van der Waals surface area contributed by atoms with Crippen LogP contribution in [0.5, 0.6) is 0 Å². The summed E-state index contributed by atoms with van der Waals surface area (Å²) in [5.74, 6) is 0.823. The molecule has 2 aliphatic rings. The Hall–Kier alpha value is -0.330. The van der Waals surface area contributed by atoms with Gasteiger partial charge in [-0.1, -0.05) is 24.6 Å². The molecule has 0 spiro atoms. The third kappa shape index (κ3) is 4.69. The molecule has 142 valence electrons. The monoisotopic (exact) mass is 406 g/mol. The van der Waals surface area contributed by atoms with Gasteiger partial charge in [0.15, 0.2) is 0 Å². The number of likely N-dealkylation sites (tertiary alicyclic amines) is 1. The number of hydrogen-bond donors (Lipinski definition) is 0. The second-order valence-electron chi connectivity index (χ2n) is 7.32. The summed E-state index contributed by atoms with van der Waals surface area (Å²) in [5, 5.41) is 0.455. The first kappa shape index (κ1) is 21.0. The average Bonchev–Trinajstić information content (AvgIpc) is 3.04. The van der Waals surface area contributed by atoms with Gasteiger partial charge in [0.05, 0.1) is 4.90 Å². The molecule has 1 saturated carbocycles. The van der Waals surface area contributed by atoms with Gasteiger partial charge in [0, 0.05) is 24.2 Å². The van der Waals surface area contributed by atoms with E-state index in [2.05, 4.69) is 11.8 Å². The van der Waals surface area contributed by atoms with Crippen molar-refractivity contribution in [2.24, 2.45) is 5.92 Å². The first-order valence-electron chi connectivity index (χ1n) is 8.85. The van der Waals surface area contributed by atoms with Crippen LogP contribution in [0.2, 0.25) is 5.02 Å². The first-order valence-corrected chi connectivity index (χ1v) is 10.7. The Morgan fingerprint density at radius 2 is 1.84 bits per heavy atom. The predicted octanol–water partition coefficient (Wildman–Crippen LogP) is 4.04. The maximum Gasteiger partial charge on any atom is 0.243 e. The van der Waals surface area contributed by atoms with Crippen LogP contribution < -0.4 is 0 Å². The quantitative estimate of drug-likeness (QED) is 0.757. The van der Waals surface area contributed by atoms with Crippen LogP contribution in [0.4, 0.5) is 0 Å². The Morgan fingerprint density at radius 3 is 2.48 bits per heavy atom. The zero-order chi connectivity index (χ0) is 17.3. The number of sulfonamides is 1. The minimum absolute atomic E-state index is 0. The number of benzene rings is 1. The molecule has 1 aromatic carbocycles. The summed E-state index contributed by atoms with van der Waals surface area (Å²) in [7, 11) is -1.77. The van der Waals surface area contributed by atoms with E-state index in [1.807, 2.05) is 0 Å². The van der Waals surface area contributed by atoms with Crippen LogP contribution in [0, 0.1) is 5.92 Å². The summed E-state index contributed by atoms with van der Waals surface area (Å²) in [6.07, 6.45) is 5.49. The van der Waals surface area contributed by atoms with Crippen molar-refractivity contribution in [2.45, 2.75) is 56.0 Å². The highest BCUT2D eigenvalue weighted by atomic mass is 35.5. The summed E-state index contributed by atoms with van der Waals surface area (Å²) in [6, 6.07) is 7.15. The van der Waals surface area contributed by atoms with E-state index in [-0.39, 0.29) is 23.3 Å². The van der Waals surface area contributed by atoms with Crippen molar-refractivity contribution in [1.82, 2.24) is 9.21 Å². The van der Waals surface area contributed by atoms with Crippen molar-refractivity contribution in [3.63, 3.8) is 0 Å². The molecule has 1 aliphatic carbocycles. The van der Waals surface area contributed by atoms with Crippen LogP contribution >= 0.6 is 24.0 Å². The zero-order valence-electron chi connectivity index (χ0n) is 14.9. The van der Waals surface area contributed by atoms with Crippen LogP contribution in [-0.2, 0) is 10.0 Å². The molecule has 0 radical (unpaired) electrons. The molecular weight excluding hydrogens is 379 g/mol. The van der Waals surface area contributed by atoms with Gasteiger partial charge in [-0.25, -0.2) is 8.42 Å². The van der Waals surface area contributed by atoms with Crippen LogP contribution in [0.1, 0.15) is 39.0 Å². The molecule has 2 fully saturated rings. The number of piperidine rings is 1. The molecule has 3 rings (SSSR count). The summed E-state index contributed by atoms with van der Waals surface area (Å²) in [5.41, 5.74) is 0. The van der Waals surface area contributed by atoms with Gasteiger partial charge in [0.2, 0.25) is 10.0 Å². The Morgan fingerprint density at radius 1 is 1.16 bits per heavy atom. The van der Waals surface area contributed by atoms with Crippen molar-refractivity contribution < 1.29 is 8.42 Å². The standard InChI is InChI=1S/C18H27ClN2O2S.ClH/c1-14-8-10-21(11-9-14)17-7-6-16(13-17)20(2)24(22,23)18-5-3-4-15(19)12-18;/h3-5,12,14,16-17H,6-11,13H2,1-2H3;1H. The van der Waals surface area contributed by atoms with Crippen LogP contribution in [0.25, 0.3) is 0 Å². The third-order valence-electron chi connectivity index (χ3n) is 5.70. The van der Waals surface area contributed by atoms with Gasteiger partial charge in [-0.05, 0) is 69.3 Å². The van der Waals surface area contributed by atoms with E-state index in [0.29, 0.717) is 11.1 Å². The minimum Gasteiger partial charge on any atom is -0.300 e. The van der Waals surface area contributed by atoms with E-state index in [4.69, 9.17) is 11.6 Å². The molecule has 7 heteroatoms. The third-order valence-corrected chi connectivity index (χ3v) is 7.84. The highest BCUT2D eigenvalue weighted by Crippen LogP contribution is 2.32. The molecule has 1 heterocycles. The first-order chi connectivity index (χ1) is 11.4. The van der Waals surface area contributed by atoms with E-state index in [1.165, 1.54) is 18.9 Å². The molecular formula is C18H28Cl2N2O2S.